The third-order valence-electron chi connectivity index (χ3n) is 4.70. The van der Waals surface area contributed by atoms with E-state index in [1.54, 1.807) is 0 Å². The smallest absolute Gasteiger partial charge is 0.274 e. The Labute approximate surface area is 147 Å². The molecule has 2 aromatic heterocycles. The van der Waals surface area contributed by atoms with Crippen LogP contribution in [0.2, 0.25) is 0 Å². The third kappa shape index (κ3) is 3.32. The molecule has 2 aromatic rings. The zero-order valence-corrected chi connectivity index (χ0v) is 15.0. The summed E-state index contributed by atoms with van der Waals surface area (Å²) in [7, 11) is 0. The Morgan fingerprint density at radius 2 is 2.04 bits per heavy atom. The molecule has 0 bridgehead atoms. The highest BCUT2D eigenvalue weighted by Crippen LogP contribution is 2.12. The molecule has 6 heteroatoms. The van der Waals surface area contributed by atoms with Crippen molar-refractivity contribution in [3.8, 4) is 6.07 Å². The van der Waals surface area contributed by atoms with Crippen molar-refractivity contribution in [3.63, 3.8) is 0 Å². The Morgan fingerprint density at radius 1 is 1.29 bits per heavy atom. The Bertz CT molecular complexity index is 814. The summed E-state index contributed by atoms with van der Waals surface area (Å²) in [5.74, 6) is 1.17. The minimum atomic E-state index is 0.632. The van der Waals surface area contributed by atoms with Crippen molar-refractivity contribution < 1.29 is 9.88 Å². The van der Waals surface area contributed by atoms with Crippen molar-refractivity contribution in [3.05, 3.63) is 51.9 Å². The van der Waals surface area contributed by atoms with Crippen LogP contribution >= 0.6 is 12.2 Å². The van der Waals surface area contributed by atoms with Gasteiger partial charge in [0.05, 0.1) is 11.8 Å². The first-order valence-corrected chi connectivity index (χ1v) is 8.67. The summed E-state index contributed by atoms with van der Waals surface area (Å²) >= 11 is 5.55. The first-order valence-electron chi connectivity index (χ1n) is 8.26. The van der Waals surface area contributed by atoms with Gasteiger partial charge in [-0.25, -0.2) is 4.98 Å². The molecule has 1 aliphatic rings. The summed E-state index contributed by atoms with van der Waals surface area (Å²) in [6.07, 6.45) is 1.97. The lowest BCUT2D eigenvalue weighted by Gasteiger charge is -2.29. The van der Waals surface area contributed by atoms with Crippen LogP contribution in [0.4, 0.5) is 5.82 Å². The molecule has 124 valence electrons. The van der Waals surface area contributed by atoms with Crippen LogP contribution in [0.3, 0.4) is 0 Å². The van der Waals surface area contributed by atoms with Gasteiger partial charge in [0.25, 0.3) is 5.82 Å². The minimum absolute atomic E-state index is 0.632. The third-order valence-corrected chi connectivity index (χ3v) is 5.13. The molecule has 0 amide bonds. The molecule has 3 heterocycles. The lowest BCUT2D eigenvalue weighted by molar-refractivity contribution is -0.923. The van der Waals surface area contributed by atoms with Gasteiger partial charge in [0.15, 0.2) is 6.67 Å². The van der Waals surface area contributed by atoms with E-state index < -0.39 is 0 Å². The summed E-state index contributed by atoms with van der Waals surface area (Å²) in [5, 5.41) is 9.33. The van der Waals surface area contributed by atoms with Crippen molar-refractivity contribution in [1.29, 1.82) is 5.26 Å². The van der Waals surface area contributed by atoms with Crippen LogP contribution in [0.1, 0.15) is 16.8 Å². The van der Waals surface area contributed by atoms with Crippen molar-refractivity contribution in [1.82, 2.24) is 4.57 Å². The number of hydrogen-bond donors (Lipinski definition) is 1. The van der Waals surface area contributed by atoms with Gasteiger partial charge in [-0.2, -0.15) is 5.26 Å². The number of pyridine rings is 2. The monoisotopic (exact) mass is 341 g/mol. The maximum absolute atomic E-state index is 9.33. The number of anilines is 1. The predicted octanol–water partition coefficient (Wildman–Crippen LogP) is 0.883. The number of nitrogens with one attached hydrogen (secondary N) is 2. The highest BCUT2D eigenvalue weighted by molar-refractivity contribution is 7.71. The van der Waals surface area contributed by atoms with Crippen LogP contribution < -0.4 is 14.8 Å². The number of hydrogen-bond acceptors (Lipinski definition) is 3. The zero-order chi connectivity index (χ0) is 17.1. The van der Waals surface area contributed by atoms with E-state index in [1.807, 2.05) is 19.2 Å². The number of aromatic nitrogens is 2. The molecular formula is C18H23N5S+2. The normalized spacial score (nSPS) is 15.3. The van der Waals surface area contributed by atoms with Crippen molar-refractivity contribution >= 4 is 18.0 Å². The second-order valence-electron chi connectivity index (χ2n) is 6.33. The lowest BCUT2D eigenvalue weighted by atomic mass is 10.1. The summed E-state index contributed by atoms with van der Waals surface area (Å²) in [4.78, 5) is 7.18. The van der Waals surface area contributed by atoms with E-state index in [1.165, 1.54) is 10.7 Å². The van der Waals surface area contributed by atoms with Crippen LogP contribution in [0.15, 0.2) is 30.5 Å². The van der Waals surface area contributed by atoms with E-state index in [0.29, 0.717) is 10.2 Å². The Balaban J connectivity index is 1.71. The number of aromatic amines is 1. The summed E-state index contributed by atoms with van der Waals surface area (Å²) in [5.41, 5.74) is 2.73. The molecule has 1 aliphatic heterocycles. The van der Waals surface area contributed by atoms with E-state index in [0.717, 1.165) is 44.1 Å². The fourth-order valence-corrected chi connectivity index (χ4v) is 3.70. The average Bonchev–Trinajstić information content (AvgIpc) is 2.60. The maximum atomic E-state index is 9.33. The molecule has 0 unspecified atom stereocenters. The maximum Gasteiger partial charge on any atom is 0.274 e. The van der Waals surface area contributed by atoms with Gasteiger partial charge in [-0.3, -0.25) is 9.47 Å². The highest BCUT2D eigenvalue weighted by atomic mass is 32.1. The van der Waals surface area contributed by atoms with E-state index >= 15 is 0 Å². The van der Waals surface area contributed by atoms with E-state index in [4.69, 9.17) is 12.2 Å². The van der Waals surface area contributed by atoms with Crippen LogP contribution in [0.25, 0.3) is 0 Å². The van der Waals surface area contributed by atoms with Gasteiger partial charge < -0.3 is 4.90 Å². The summed E-state index contributed by atoms with van der Waals surface area (Å²) in [6.45, 7) is 8.98. The molecule has 5 nitrogen and oxygen atoms in total. The predicted molar refractivity (Wildman–Crippen MR) is 95.4 cm³/mol. The molecule has 0 atom stereocenters. The molecule has 2 N–H and O–H groups in total. The van der Waals surface area contributed by atoms with Gasteiger partial charge >= 0.3 is 0 Å². The van der Waals surface area contributed by atoms with Crippen molar-refractivity contribution in [2.24, 2.45) is 0 Å². The van der Waals surface area contributed by atoms with Gasteiger partial charge in [0, 0.05) is 11.8 Å². The molecule has 3 rings (SSSR count). The van der Waals surface area contributed by atoms with E-state index in [9.17, 15) is 5.26 Å². The molecule has 0 aliphatic carbocycles. The molecule has 0 spiro atoms. The number of nitriles is 1. The minimum Gasteiger partial charge on any atom is -0.311 e. The number of aryl methyl sites for hydroxylation is 2. The number of nitrogens with zero attached hydrogens (tertiary/aromatic N) is 3. The first kappa shape index (κ1) is 16.6. The average molecular weight is 341 g/mol. The van der Waals surface area contributed by atoms with Crippen LogP contribution in [0.5, 0.6) is 0 Å². The highest BCUT2D eigenvalue weighted by Gasteiger charge is 2.26. The van der Waals surface area contributed by atoms with Gasteiger partial charge in [0.2, 0.25) is 0 Å². The fraction of sp³-hybridized carbons (Fsp3) is 0.389. The number of piperazine rings is 1. The van der Waals surface area contributed by atoms with Gasteiger partial charge in [-0.05, 0) is 31.5 Å². The van der Waals surface area contributed by atoms with Crippen LogP contribution in [-0.4, -0.2) is 30.7 Å². The molecule has 0 radical (unpaired) electrons. The molecule has 0 aromatic carbocycles. The quantitative estimate of drug-likeness (QED) is 0.844. The van der Waals surface area contributed by atoms with Crippen molar-refractivity contribution in [2.45, 2.75) is 20.5 Å². The fourth-order valence-electron chi connectivity index (χ4n) is 3.29. The van der Waals surface area contributed by atoms with Crippen LogP contribution in [-0.2, 0) is 6.67 Å². The van der Waals surface area contributed by atoms with Gasteiger partial charge in [-0.1, -0.05) is 18.3 Å². The van der Waals surface area contributed by atoms with Crippen LogP contribution in [0, 0.1) is 29.8 Å². The summed E-state index contributed by atoms with van der Waals surface area (Å²) in [6, 6.07) is 10.5. The van der Waals surface area contributed by atoms with Crippen molar-refractivity contribution in [2.75, 3.05) is 31.1 Å². The Kier molecular flexibility index (Phi) is 4.93. The lowest BCUT2D eigenvalue weighted by Crippen LogP contribution is -3.14. The second-order valence-corrected chi connectivity index (χ2v) is 6.72. The number of quaternary nitrogens is 1. The SMILES string of the molecule is Cc1cc(C)n(C[NH+]2CCN(c3cccc[nH+]3)CC2)c(=S)c1C#N. The standard InChI is InChI=1S/C18H21N5S/c1-14-11-15(2)23(18(24)16(14)12-19)13-21-7-9-22(10-8-21)17-5-3-4-6-20-17/h3-6,11H,7-10,13H2,1-2H3/p+2. The number of rotatable bonds is 3. The van der Waals surface area contributed by atoms with E-state index in [2.05, 4.69) is 45.6 Å². The molecule has 0 saturated carbocycles. The molecule has 1 fully saturated rings. The molecular weight excluding hydrogens is 318 g/mol. The summed E-state index contributed by atoms with van der Waals surface area (Å²) < 4.78 is 2.78. The molecule has 24 heavy (non-hydrogen) atoms. The molecule has 1 saturated heterocycles. The van der Waals surface area contributed by atoms with Gasteiger partial charge in [0.1, 0.15) is 36.9 Å². The Hall–Kier alpha value is -2.23. The first-order chi connectivity index (χ1) is 11.6. The topological polar surface area (TPSA) is 50.5 Å². The number of H-pyrrole nitrogens is 1. The largest absolute Gasteiger partial charge is 0.311 e. The Morgan fingerprint density at radius 3 is 2.67 bits per heavy atom. The van der Waals surface area contributed by atoms with E-state index in [-0.39, 0.29) is 0 Å². The van der Waals surface area contributed by atoms with Gasteiger partial charge in [-0.15, -0.1) is 0 Å². The zero-order valence-electron chi connectivity index (χ0n) is 14.2. The second kappa shape index (κ2) is 7.12.